The second kappa shape index (κ2) is 7.60. The molecule has 21 heavy (non-hydrogen) atoms. The monoisotopic (exact) mass is 415 g/mol. The molecule has 7 heteroatoms. The maximum absolute atomic E-state index is 12.0. The number of hydrogen-bond acceptors (Lipinski definition) is 4. The Bertz CT molecular complexity index is 703. The average Bonchev–Trinajstić information content (AvgIpc) is 2.48. The number of anilines is 1. The minimum atomic E-state index is -0.291. The molecule has 2 aromatic rings. The van der Waals surface area contributed by atoms with Crippen LogP contribution in [0.2, 0.25) is 0 Å². The Morgan fingerprint density at radius 3 is 2.86 bits per heavy atom. The molecule has 0 saturated carbocycles. The van der Waals surface area contributed by atoms with Crippen molar-refractivity contribution >= 4 is 45.9 Å². The molecule has 1 heterocycles. The lowest BCUT2D eigenvalue weighted by Crippen LogP contribution is -2.17. The molecule has 0 aliphatic carbocycles. The number of aryl methyl sites for hydroxylation is 1. The van der Waals surface area contributed by atoms with E-state index in [1.54, 1.807) is 6.20 Å². The molecule has 0 aliphatic heterocycles. The van der Waals surface area contributed by atoms with E-state index < -0.39 is 0 Å². The Balaban J connectivity index is 2.00. The minimum absolute atomic E-state index is 0.120. The topological polar surface area (TPSA) is 64.0 Å². The third kappa shape index (κ3) is 4.57. The van der Waals surface area contributed by atoms with Crippen LogP contribution in [0.15, 0.2) is 46.5 Å². The number of nitrogens with one attached hydrogen (secondary N) is 1. The Hall–Kier alpha value is -1.35. The fraction of sp³-hybridized carbons (Fsp3) is 0.214. The van der Waals surface area contributed by atoms with E-state index in [4.69, 9.17) is 0 Å². The van der Waals surface area contributed by atoms with Crippen LogP contribution in [0.25, 0.3) is 0 Å². The van der Waals surface area contributed by atoms with Crippen molar-refractivity contribution in [2.24, 2.45) is 0 Å². The number of thioether (sulfide) groups is 1. The SMILES string of the molecule is CCn1ccc(=O)nc1SCC(=O)Nc1ccccc1I. The highest BCUT2D eigenvalue weighted by Gasteiger charge is 2.08. The minimum Gasteiger partial charge on any atom is -0.328 e. The maximum Gasteiger partial charge on any atom is 0.273 e. The van der Waals surface area contributed by atoms with Gasteiger partial charge in [0.1, 0.15) is 0 Å². The Kier molecular flexibility index (Phi) is 5.80. The Labute approximate surface area is 140 Å². The zero-order valence-corrected chi connectivity index (χ0v) is 14.3. The number of carbonyl (C=O) groups excluding carboxylic acids is 1. The lowest BCUT2D eigenvalue weighted by Gasteiger charge is -2.09. The zero-order valence-electron chi connectivity index (χ0n) is 11.4. The summed E-state index contributed by atoms with van der Waals surface area (Å²) in [5.74, 6) is 0.0893. The molecule has 0 spiro atoms. The Morgan fingerprint density at radius 1 is 1.38 bits per heavy atom. The molecule has 0 fully saturated rings. The van der Waals surface area contributed by atoms with Crippen molar-refractivity contribution in [2.75, 3.05) is 11.1 Å². The van der Waals surface area contributed by atoms with Crippen LogP contribution in [0.3, 0.4) is 0 Å². The van der Waals surface area contributed by atoms with E-state index in [1.807, 2.05) is 35.8 Å². The number of carbonyl (C=O) groups is 1. The molecule has 0 aliphatic rings. The van der Waals surface area contributed by atoms with E-state index in [1.165, 1.54) is 17.8 Å². The zero-order chi connectivity index (χ0) is 15.2. The van der Waals surface area contributed by atoms with E-state index in [2.05, 4.69) is 32.9 Å². The number of aromatic nitrogens is 2. The van der Waals surface area contributed by atoms with Crippen LogP contribution in [0, 0.1) is 3.57 Å². The number of amides is 1. The van der Waals surface area contributed by atoms with Gasteiger partial charge in [0.25, 0.3) is 5.56 Å². The van der Waals surface area contributed by atoms with Gasteiger partial charge in [0.15, 0.2) is 5.16 Å². The van der Waals surface area contributed by atoms with Crippen molar-refractivity contribution in [1.82, 2.24) is 9.55 Å². The summed E-state index contributed by atoms with van der Waals surface area (Å²) >= 11 is 3.43. The van der Waals surface area contributed by atoms with Gasteiger partial charge >= 0.3 is 0 Å². The van der Waals surface area contributed by atoms with Gasteiger partial charge in [-0.15, -0.1) is 0 Å². The molecule has 0 atom stereocenters. The van der Waals surface area contributed by atoms with Crippen LogP contribution in [0.1, 0.15) is 6.92 Å². The highest BCUT2D eigenvalue weighted by atomic mass is 127. The summed E-state index contributed by atoms with van der Waals surface area (Å²) < 4.78 is 2.82. The summed E-state index contributed by atoms with van der Waals surface area (Å²) in [5, 5.41) is 3.41. The molecule has 2 rings (SSSR count). The van der Waals surface area contributed by atoms with Gasteiger partial charge < -0.3 is 9.88 Å². The molecule has 1 aromatic heterocycles. The van der Waals surface area contributed by atoms with E-state index in [0.717, 1.165) is 9.26 Å². The lowest BCUT2D eigenvalue weighted by molar-refractivity contribution is -0.113. The molecule has 0 saturated heterocycles. The fourth-order valence-electron chi connectivity index (χ4n) is 1.65. The number of halogens is 1. The van der Waals surface area contributed by atoms with Crippen molar-refractivity contribution in [1.29, 1.82) is 0 Å². The number of para-hydroxylation sites is 1. The van der Waals surface area contributed by atoms with Crippen molar-refractivity contribution in [3.8, 4) is 0 Å². The van der Waals surface area contributed by atoms with E-state index in [0.29, 0.717) is 11.7 Å². The van der Waals surface area contributed by atoms with Gasteiger partial charge in [0.2, 0.25) is 5.91 Å². The lowest BCUT2D eigenvalue weighted by atomic mass is 10.3. The van der Waals surface area contributed by atoms with Gasteiger partial charge in [-0.3, -0.25) is 9.59 Å². The molecule has 1 aromatic carbocycles. The standard InChI is InChI=1S/C14H14IN3O2S/c1-2-18-8-7-12(19)17-14(18)21-9-13(20)16-11-6-4-3-5-10(11)15/h3-8H,2,9H2,1H3,(H,16,20). The highest BCUT2D eigenvalue weighted by Crippen LogP contribution is 2.18. The first kappa shape index (κ1) is 16.0. The molecule has 5 nitrogen and oxygen atoms in total. The van der Waals surface area contributed by atoms with Crippen molar-refractivity contribution < 1.29 is 4.79 Å². The maximum atomic E-state index is 12.0. The van der Waals surface area contributed by atoms with Gasteiger partial charge in [0, 0.05) is 22.4 Å². The van der Waals surface area contributed by atoms with Crippen molar-refractivity contribution in [2.45, 2.75) is 18.6 Å². The van der Waals surface area contributed by atoms with Crippen LogP contribution in [-0.4, -0.2) is 21.2 Å². The first-order valence-corrected chi connectivity index (χ1v) is 8.41. The predicted molar refractivity (Wildman–Crippen MR) is 92.7 cm³/mol. The van der Waals surface area contributed by atoms with E-state index >= 15 is 0 Å². The molecule has 0 unspecified atom stereocenters. The number of nitrogens with zero attached hydrogens (tertiary/aromatic N) is 2. The average molecular weight is 415 g/mol. The summed E-state index contributed by atoms with van der Waals surface area (Å²) in [5.41, 5.74) is 0.498. The highest BCUT2D eigenvalue weighted by molar-refractivity contribution is 14.1. The Morgan fingerprint density at radius 2 is 2.14 bits per heavy atom. The largest absolute Gasteiger partial charge is 0.328 e. The first-order chi connectivity index (χ1) is 10.1. The number of rotatable bonds is 5. The summed E-state index contributed by atoms with van der Waals surface area (Å²) in [6.07, 6.45) is 1.69. The van der Waals surface area contributed by atoms with Gasteiger partial charge in [0.05, 0.1) is 11.4 Å². The van der Waals surface area contributed by atoms with Gasteiger partial charge in [-0.05, 0) is 41.6 Å². The summed E-state index contributed by atoms with van der Waals surface area (Å²) in [7, 11) is 0. The normalized spacial score (nSPS) is 10.4. The van der Waals surface area contributed by atoms with Gasteiger partial charge in [-0.25, -0.2) is 0 Å². The third-order valence-electron chi connectivity index (χ3n) is 2.67. The molecule has 110 valence electrons. The van der Waals surface area contributed by atoms with Crippen LogP contribution in [0.4, 0.5) is 5.69 Å². The van der Waals surface area contributed by atoms with Crippen molar-refractivity contribution in [3.63, 3.8) is 0 Å². The van der Waals surface area contributed by atoms with Crippen LogP contribution < -0.4 is 10.9 Å². The molecule has 0 radical (unpaired) electrons. The van der Waals surface area contributed by atoms with Crippen LogP contribution >= 0.6 is 34.4 Å². The molecular formula is C14H14IN3O2S. The quantitative estimate of drug-likeness (QED) is 0.463. The fourth-order valence-corrected chi connectivity index (χ4v) is 3.01. The predicted octanol–water partition coefficient (Wildman–Crippen LogP) is 2.60. The summed E-state index contributed by atoms with van der Waals surface area (Å²) in [6.45, 7) is 2.66. The number of hydrogen-bond donors (Lipinski definition) is 1. The van der Waals surface area contributed by atoms with E-state index in [-0.39, 0.29) is 17.2 Å². The first-order valence-electron chi connectivity index (χ1n) is 6.35. The van der Waals surface area contributed by atoms with Gasteiger partial charge in [-0.2, -0.15) is 4.98 Å². The third-order valence-corrected chi connectivity index (χ3v) is 4.60. The second-order valence-corrected chi connectivity index (χ2v) is 6.26. The molecule has 1 N–H and O–H groups in total. The number of benzene rings is 1. The molecular weight excluding hydrogens is 401 g/mol. The summed E-state index contributed by atoms with van der Waals surface area (Å²) in [6, 6.07) is 8.99. The molecule has 0 bridgehead atoms. The van der Waals surface area contributed by atoms with Crippen LogP contribution in [0.5, 0.6) is 0 Å². The van der Waals surface area contributed by atoms with Crippen molar-refractivity contribution in [3.05, 3.63) is 50.5 Å². The summed E-state index contributed by atoms with van der Waals surface area (Å²) in [4.78, 5) is 27.2. The van der Waals surface area contributed by atoms with Gasteiger partial charge in [-0.1, -0.05) is 23.9 Å². The molecule has 1 amide bonds. The van der Waals surface area contributed by atoms with Crippen LogP contribution in [-0.2, 0) is 11.3 Å². The second-order valence-electron chi connectivity index (χ2n) is 4.15. The van der Waals surface area contributed by atoms with E-state index in [9.17, 15) is 9.59 Å². The smallest absolute Gasteiger partial charge is 0.273 e.